The molecule has 0 aromatic carbocycles. The van der Waals surface area contributed by atoms with E-state index < -0.39 is 0 Å². The summed E-state index contributed by atoms with van der Waals surface area (Å²) in [5.41, 5.74) is 0. The highest BCUT2D eigenvalue weighted by Gasteiger charge is 2.33. The van der Waals surface area contributed by atoms with Crippen molar-refractivity contribution in [1.29, 1.82) is 0 Å². The van der Waals surface area contributed by atoms with Crippen LogP contribution in [0.4, 0.5) is 9.59 Å². The Bertz CT molecular complexity index is 405. The first kappa shape index (κ1) is 18.5. The number of nitrogens with zero attached hydrogens (tertiary/aromatic N) is 3. The molecule has 0 aromatic heterocycles. The summed E-state index contributed by atoms with van der Waals surface area (Å²) in [6.45, 7) is 4.78. The maximum Gasteiger partial charge on any atom is 0.320 e. The van der Waals surface area contributed by atoms with Gasteiger partial charge in [-0.15, -0.1) is 0 Å². The Hall–Kier alpha value is -0.800. The van der Waals surface area contributed by atoms with Crippen LogP contribution < -0.4 is 10.6 Å². The molecular formula is C14H27N5O2S2. The SMILES string of the molecule is CNC(=O)NCCN1CCCN(C2CCN(SSC)CC2)C1=O. The van der Waals surface area contributed by atoms with Gasteiger partial charge in [0.2, 0.25) is 0 Å². The number of rotatable bonds is 6. The molecule has 2 fully saturated rings. The number of nitrogens with one attached hydrogen (secondary N) is 2. The summed E-state index contributed by atoms with van der Waals surface area (Å²) in [6, 6.07) is 0.284. The van der Waals surface area contributed by atoms with E-state index in [2.05, 4.69) is 21.2 Å². The van der Waals surface area contributed by atoms with Crippen molar-refractivity contribution in [3.63, 3.8) is 0 Å². The molecule has 0 aliphatic carbocycles. The van der Waals surface area contributed by atoms with Crippen LogP contribution in [0.5, 0.6) is 0 Å². The molecule has 2 aliphatic rings. The van der Waals surface area contributed by atoms with Gasteiger partial charge in [-0.3, -0.25) is 0 Å². The molecule has 0 aromatic rings. The van der Waals surface area contributed by atoms with E-state index in [1.54, 1.807) is 17.8 Å². The Labute approximate surface area is 146 Å². The fourth-order valence-electron chi connectivity index (χ4n) is 3.08. The lowest BCUT2D eigenvalue weighted by Gasteiger charge is -2.43. The number of urea groups is 2. The zero-order chi connectivity index (χ0) is 16.7. The van der Waals surface area contributed by atoms with E-state index in [0.717, 1.165) is 45.4 Å². The van der Waals surface area contributed by atoms with Crippen LogP contribution in [0.3, 0.4) is 0 Å². The molecule has 9 heteroatoms. The van der Waals surface area contributed by atoms with Crippen LogP contribution in [-0.2, 0) is 0 Å². The number of carbonyl (C=O) groups is 2. The minimum atomic E-state index is -0.204. The molecule has 0 spiro atoms. The normalized spacial score (nSPS) is 20.7. The zero-order valence-electron chi connectivity index (χ0n) is 13.9. The molecular weight excluding hydrogens is 334 g/mol. The summed E-state index contributed by atoms with van der Waals surface area (Å²) >= 11 is 0. The highest BCUT2D eigenvalue weighted by atomic mass is 33.1. The van der Waals surface area contributed by atoms with Gasteiger partial charge in [0.25, 0.3) is 0 Å². The van der Waals surface area contributed by atoms with E-state index >= 15 is 0 Å². The van der Waals surface area contributed by atoms with Gasteiger partial charge in [0.1, 0.15) is 0 Å². The molecule has 0 radical (unpaired) electrons. The fourth-order valence-corrected chi connectivity index (χ4v) is 4.73. The molecule has 0 unspecified atom stereocenters. The average molecular weight is 362 g/mol. The van der Waals surface area contributed by atoms with Crippen molar-refractivity contribution < 1.29 is 9.59 Å². The molecule has 4 amide bonds. The second-order valence-corrected chi connectivity index (χ2v) is 8.17. The minimum absolute atomic E-state index is 0.130. The van der Waals surface area contributed by atoms with Gasteiger partial charge in [-0.2, -0.15) is 0 Å². The van der Waals surface area contributed by atoms with Crippen molar-refractivity contribution in [2.45, 2.75) is 25.3 Å². The third-order valence-electron chi connectivity index (χ3n) is 4.28. The summed E-state index contributed by atoms with van der Waals surface area (Å²) in [5.74, 6) is 0. The van der Waals surface area contributed by atoms with Gasteiger partial charge in [0, 0.05) is 52.4 Å². The maximum atomic E-state index is 12.7. The van der Waals surface area contributed by atoms with E-state index in [4.69, 9.17) is 0 Å². The molecule has 0 bridgehead atoms. The molecule has 2 rings (SSSR count). The summed E-state index contributed by atoms with van der Waals surface area (Å²) in [6.07, 6.45) is 5.19. The molecule has 132 valence electrons. The van der Waals surface area contributed by atoms with Gasteiger partial charge < -0.3 is 20.4 Å². The second-order valence-electron chi connectivity index (χ2n) is 5.72. The molecule has 0 saturated carbocycles. The van der Waals surface area contributed by atoms with Gasteiger partial charge in [-0.25, -0.2) is 13.9 Å². The average Bonchev–Trinajstić information content (AvgIpc) is 2.57. The summed E-state index contributed by atoms with van der Waals surface area (Å²) in [4.78, 5) is 27.8. The van der Waals surface area contributed by atoms with Gasteiger partial charge in [0.15, 0.2) is 0 Å². The lowest BCUT2D eigenvalue weighted by Crippen LogP contribution is -2.56. The topological polar surface area (TPSA) is 67.9 Å². The van der Waals surface area contributed by atoms with Crippen molar-refractivity contribution >= 4 is 33.8 Å². The lowest BCUT2D eigenvalue weighted by molar-refractivity contribution is 0.0922. The van der Waals surface area contributed by atoms with Gasteiger partial charge in [0.05, 0.1) is 0 Å². The van der Waals surface area contributed by atoms with Gasteiger partial charge in [-0.1, -0.05) is 10.8 Å². The molecule has 0 atom stereocenters. The Morgan fingerprint density at radius 3 is 2.65 bits per heavy atom. The standard InChI is InChI=1S/C14H27N5O2S2/c1-15-13(20)16-6-11-17-7-3-8-19(14(17)21)12-4-9-18(10-5-12)23-22-2/h12H,3-11H2,1-2H3,(H2,15,16,20). The van der Waals surface area contributed by atoms with Crippen molar-refractivity contribution in [2.75, 3.05) is 52.6 Å². The molecule has 2 aliphatic heterocycles. The summed E-state index contributed by atoms with van der Waals surface area (Å²) in [5, 5.41) is 5.26. The van der Waals surface area contributed by atoms with E-state index in [1.807, 2.05) is 20.8 Å². The van der Waals surface area contributed by atoms with E-state index in [-0.39, 0.29) is 12.1 Å². The van der Waals surface area contributed by atoms with Crippen molar-refractivity contribution in [3.05, 3.63) is 0 Å². The number of amides is 4. The van der Waals surface area contributed by atoms with Crippen LogP contribution >= 0.6 is 21.8 Å². The highest BCUT2D eigenvalue weighted by Crippen LogP contribution is 2.29. The van der Waals surface area contributed by atoms with Crippen LogP contribution in [0.15, 0.2) is 0 Å². The van der Waals surface area contributed by atoms with Crippen molar-refractivity contribution in [1.82, 2.24) is 24.7 Å². The van der Waals surface area contributed by atoms with Crippen LogP contribution in [0, 0.1) is 0 Å². The first-order valence-electron chi connectivity index (χ1n) is 8.12. The molecule has 2 heterocycles. The quantitative estimate of drug-likeness (QED) is 0.553. The van der Waals surface area contributed by atoms with Gasteiger partial charge in [-0.05, 0) is 36.5 Å². The Balaban J connectivity index is 1.79. The molecule has 2 N–H and O–H groups in total. The first-order valence-corrected chi connectivity index (χ1v) is 10.6. The molecule has 23 heavy (non-hydrogen) atoms. The monoisotopic (exact) mass is 361 g/mol. The predicted molar refractivity (Wildman–Crippen MR) is 96.5 cm³/mol. The van der Waals surface area contributed by atoms with Crippen LogP contribution in [0.2, 0.25) is 0 Å². The van der Waals surface area contributed by atoms with E-state index in [1.165, 1.54) is 0 Å². The summed E-state index contributed by atoms with van der Waals surface area (Å²) in [7, 11) is 5.17. The largest absolute Gasteiger partial charge is 0.341 e. The maximum absolute atomic E-state index is 12.7. The fraction of sp³-hybridized carbons (Fsp3) is 0.857. The second kappa shape index (κ2) is 9.48. The molecule has 2 saturated heterocycles. The number of hydrogen-bond donors (Lipinski definition) is 2. The van der Waals surface area contributed by atoms with Gasteiger partial charge >= 0.3 is 12.1 Å². The summed E-state index contributed by atoms with van der Waals surface area (Å²) < 4.78 is 2.38. The van der Waals surface area contributed by atoms with E-state index in [0.29, 0.717) is 19.1 Å². The van der Waals surface area contributed by atoms with Crippen molar-refractivity contribution in [3.8, 4) is 0 Å². The lowest BCUT2D eigenvalue weighted by atomic mass is 10.0. The molecule has 7 nitrogen and oxygen atoms in total. The third-order valence-corrected chi connectivity index (χ3v) is 6.09. The van der Waals surface area contributed by atoms with E-state index in [9.17, 15) is 9.59 Å². The Morgan fingerprint density at radius 2 is 2.00 bits per heavy atom. The zero-order valence-corrected chi connectivity index (χ0v) is 15.5. The Kier molecular flexibility index (Phi) is 7.64. The first-order chi connectivity index (χ1) is 11.2. The third kappa shape index (κ3) is 5.36. The van der Waals surface area contributed by atoms with Crippen molar-refractivity contribution in [2.24, 2.45) is 0 Å². The van der Waals surface area contributed by atoms with Crippen LogP contribution in [-0.4, -0.2) is 84.8 Å². The number of carbonyl (C=O) groups excluding carboxylic acids is 2. The highest BCUT2D eigenvalue weighted by molar-refractivity contribution is 8.75. The predicted octanol–water partition coefficient (Wildman–Crippen LogP) is 1.43. The Morgan fingerprint density at radius 1 is 1.26 bits per heavy atom. The number of hydrogen-bond acceptors (Lipinski definition) is 5. The van der Waals surface area contributed by atoms with Crippen LogP contribution in [0.25, 0.3) is 0 Å². The number of piperidine rings is 1. The minimum Gasteiger partial charge on any atom is -0.341 e. The smallest absolute Gasteiger partial charge is 0.320 e. The van der Waals surface area contributed by atoms with Crippen LogP contribution in [0.1, 0.15) is 19.3 Å².